The summed E-state index contributed by atoms with van der Waals surface area (Å²) in [6.45, 7) is 5.90. The van der Waals surface area contributed by atoms with Crippen LogP contribution in [0.2, 0.25) is 0 Å². The van der Waals surface area contributed by atoms with Crippen LogP contribution < -0.4 is 0 Å². The predicted octanol–water partition coefficient (Wildman–Crippen LogP) is 0.973. The molecule has 8 nitrogen and oxygen atoms in total. The summed E-state index contributed by atoms with van der Waals surface area (Å²) in [5, 5.41) is 48.6. The number of nitriles is 2. The van der Waals surface area contributed by atoms with Crippen LogP contribution in [0.4, 0.5) is 0 Å². The van der Waals surface area contributed by atoms with Crippen molar-refractivity contribution in [3.05, 3.63) is 59.7 Å². The van der Waals surface area contributed by atoms with Crippen LogP contribution in [-0.2, 0) is 22.8 Å². The molecule has 0 aliphatic carbocycles. The van der Waals surface area contributed by atoms with E-state index in [0.717, 1.165) is 11.1 Å². The molecule has 24 heavy (non-hydrogen) atoms. The van der Waals surface area contributed by atoms with Gasteiger partial charge >= 0.3 is 11.9 Å². The molecule has 0 fully saturated rings. The summed E-state index contributed by atoms with van der Waals surface area (Å²) in [7, 11) is 0. The van der Waals surface area contributed by atoms with Gasteiger partial charge in [0.1, 0.15) is 23.3 Å². The average Bonchev–Trinajstić information content (AvgIpc) is 2.60. The second-order valence-corrected chi connectivity index (χ2v) is 3.93. The minimum Gasteiger partial charge on any atom is -0.477 e. The lowest BCUT2D eigenvalue weighted by molar-refractivity contribution is -0.133. The number of hydrogen-bond donors (Lipinski definition) is 4. The molecule has 1 rings (SSSR count). The fourth-order valence-corrected chi connectivity index (χ4v) is 0.922. The number of carbonyl (C=O) groups is 2. The molecular formula is C16H16N2O6. The Hall–Kier alpha value is -3.46. The number of hydrogen-bond acceptors (Lipinski definition) is 6. The van der Waals surface area contributed by atoms with Crippen LogP contribution in [0.1, 0.15) is 11.1 Å². The average molecular weight is 332 g/mol. The Morgan fingerprint density at radius 3 is 1.42 bits per heavy atom. The van der Waals surface area contributed by atoms with E-state index in [4.69, 9.17) is 30.9 Å². The maximum atomic E-state index is 9.61. The maximum Gasteiger partial charge on any atom is 0.345 e. The van der Waals surface area contributed by atoms with Crippen molar-refractivity contribution in [2.45, 2.75) is 13.2 Å². The van der Waals surface area contributed by atoms with E-state index in [1.807, 2.05) is 18.2 Å². The fourth-order valence-electron chi connectivity index (χ4n) is 0.922. The topological polar surface area (TPSA) is 163 Å². The highest BCUT2D eigenvalue weighted by Crippen LogP contribution is 2.04. The molecule has 0 heterocycles. The van der Waals surface area contributed by atoms with Gasteiger partial charge in [-0.3, -0.25) is 0 Å². The SMILES string of the molecule is C=C(C#N)C(=O)O.C=C(C#N)C(=O)O.OCc1cccc(CO)c1. The maximum absolute atomic E-state index is 9.61. The van der Waals surface area contributed by atoms with E-state index in [1.165, 1.54) is 12.1 Å². The van der Waals surface area contributed by atoms with E-state index < -0.39 is 23.1 Å². The van der Waals surface area contributed by atoms with Crippen molar-refractivity contribution >= 4 is 11.9 Å². The van der Waals surface area contributed by atoms with Gasteiger partial charge < -0.3 is 20.4 Å². The van der Waals surface area contributed by atoms with Crippen molar-refractivity contribution < 1.29 is 30.0 Å². The lowest BCUT2D eigenvalue weighted by Gasteiger charge is -1.97. The Kier molecular flexibility index (Phi) is 12.6. The van der Waals surface area contributed by atoms with Crippen molar-refractivity contribution in [3.8, 4) is 12.1 Å². The lowest BCUT2D eigenvalue weighted by Crippen LogP contribution is -1.94. The monoisotopic (exact) mass is 332 g/mol. The number of benzene rings is 1. The molecule has 0 amide bonds. The Morgan fingerprint density at radius 2 is 1.25 bits per heavy atom. The van der Waals surface area contributed by atoms with Gasteiger partial charge in [0.05, 0.1) is 13.2 Å². The van der Waals surface area contributed by atoms with Gasteiger partial charge in [0.15, 0.2) is 0 Å². The molecule has 0 unspecified atom stereocenters. The summed E-state index contributed by atoms with van der Waals surface area (Å²) in [5.41, 5.74) is 0.818. The van der Waals surface area contributed by atoms with Crippen LogP contribution in [0.5, 0.6) is 0 Å². The van der Waals surface area contributed by atoms with Crippen molar-refractivity contribution in [3.63, 3.8) is 0 Å². The summed E-state index contributed by atoms with van der Waals surface area (Å²) in [6, 6.07) is 9.97. The summed E-state index contributed by atoms with van der Waals surface area (Å²) in [4.78, 5) is 19.2. The van der Waals surface area contributed by atoms with Crippen molar-refractivity contribution in [1.82, 2.24) is 0 Å². The molecule has 0 bridgehead atoms. The van der Waals surface area contributed by atoms with Gasteiger partial charge in [-0.15, -0.1) is 0 Å². The van der Waals surface area contributed by atoms with Gasteiger partial charge in [-0.05, 0) is 11.1 Å². The zero-order valence-electron chi connectivity index (χ0n) is 12.6. The van der Waals surface area contributed by atoms with E-state index in [9.17, 15) is 9.59 Å². The first-order valence-electron chi connectivity index (χ1n) is 6.17. The number of aliphatic carboxylic acids is 2. The van der Waals surface area contributed by atoms with Gasteiger partial charge in [-0.25, -0.2) is 9.59 Å². The van der Waals surface area contributed by atoms with Gasteiger partial charge in [0.2, 0.25) is 0 Å². The van der Waals surface area contributed by atoms with Gasteiger partial charge in [-0.1, -0.05) is 37.4 Å². The molecule has 0 saturated heterocycles. The minimum atomic E-state index is -1.26. The van der Waals surface area contributed by atoms with Crippen LogP contribution in [0.25, 0.3) is 0 Å². The van der Waals surface area contributed by atoms with Crippen molar-refractivity contribution in [2.24, 2.45) is 0 Å². The Bertz CT molecular complexity index is 627. The van der Waals surface area contributed by atoms with Crippen molar-refractivity contribution in [2.75, 3.05) is 0 Å². The van der Waals surface area contributed by atoms with E-state index in [2.05, 4.69) is 13.2 Å². The number of nitrogens with zero attached hydrogens (tertiary/aromatic N) is 2. The molecule has 8 heteroatoms. The van der Waals surface area contributed by atoms with E-state index in [1.54, 1.807) is 6.07 Å². The first-order valence-corrected chi connectivity index (χ1v) is 6.17. The molecule has 1 aromatic carbocycles. The largest absolute Gasteiger partial charge is 0.477 e. The molecule has 0 atom stereocenters. The second-order valence-electron chi connectivity index (χ2n) is 3.93. The molecule has 126 valence electrons. The molecule has 4 N–H and O–H groups in total. The van der Waals surface area contributed by atoms with Crippen LogP contribution >= 0.6 is 0 Å². The number of aliphatic hydroxyl groups is 2. The van der Waals surface area contributed by atoms with Gasteiger partial charge in [0.25, 0.3) is 0 Å². The molecular weight excluding hydrogens is 316 g/mol. The summed E-state index contributed by atoms with van der Waals surface area (Å²) in [5.74, 6) is -2.52. The molecule has 0 aliphatic heterocycles. The Labute approximate surface area is 138 Å². The first kappa shape index (κ1) is 22.8. The molecule has 0 spiro atoms. The van der Waals surface area contributed by atoms with Gasteiger partial charge in [-0.2, -0.15) is 10.5 Å². The summed E-state index contributed by atoms with van der Waals surface area (Å²) >= 11 is 0. The van der Waals surface area contributed by atoms with E-state index >= 15 is 0 Å². The normalized spacial score (nSPS) is 8.00. The highest BCUT2D eigenvalue weighted by molar-refractivity contribution is 5.90. The predicted molar refractivity (Wildman–Crippen MR) is 83.1 cm³/mol. The van der Waals surface area contributed by atoms with E-state index in [0.29, 0.717) is 0 Å². The zero-order valence-corrected chi connectivity index (χ0v) is 12.6. The van der Waals surface area contributed by atoms with Crippen LogP contribution in [-0.4, -0.2) is 32.4 Å². The Balaban J connectivity index is 0. The highest BCUT2D eigenvalue weighted by Gasteiger charge is 1.98. The minimum absolute atomic E-state index is 0.0356. The van der Waals surface area contributed by atoms with Crippen LogP contribution in [0.15, 0.2) is 48.6 Å². The van der Waals surface area contributed by atoms with Crippen molar-refractivity contribution in [1.29, 1.82) is 10.5 Å². The molecule has 0 radical (unpaired) electrons. The zero-order chi connectivity index (χ0) is 19.1. The number of aliphatic hydroxyl groups excluding tert-OH is 2. The molecule has 1 aromatic rings. The number of rotatable bonds is 4. The quantitative estimate of drug-likeness (QED) is 0.468. The first-order chi connectivity index (χ1) is 11.2. The van der Waals surface area contributed by atoms with Crippen LogP contribution in [0.3, 0.4) is 0 Å². The Morgan fingerprint density at radius 1 is 0.917 bits per heavy atom. The van der Waals surface area contributed by atoms with Gasteiger partial charge in [0, 0.05) is 0 Å². The smallest absolute Gasteiger partial charge is 0.345 e. The number of carboxylic acids is 2. The summed E-state index contributed by atoms with van der Waals surface area (Å²) in [6.07, 6.45) is 0. The summed E-state index contributed by atoms with van der Waals surface area (Å²) < 4.78 is 0. The molecule has 0 aliphatic rings. The lowest BCUT2D eigenvalue weighted by atomic mass is 10.1. The fraction of sp³-hybridized carbons (Fsp3) is 0.125. The third kappa shape index (κ3) is 11.2. The van der Waals surface area contributed by atoms with E-state index in [-0.39, 0.29) is 13.2 Å². The molecule has 0 aromatic heterocycles. The molecule has 0 saturated carbocycles. The standard InChI is InChI=1S/C8H10O2.2C4H3NO2/c9-5-7-2-1-3-8(4-7)6-10;2*1-3(2-5)4(6)7/h1-4,9-10H,5-6H2;2*1H2,(H,6,7). The number of carboxylic acid groups (broad SMARTS) is 2. The highest BCUT2D eigenvalue weighted by atomic mass is 16.4. The second kappa shape index (κ2) is 13.2. The third-order valence-electron chi connectivity index (χ3n) is 2.14. The third-order valence-corrected chi connectivity index (χ3v) is 2.14. The van der Waals surface area contributed by atoms with Crippen LogP contribution in [0, 0.1) is 22.7 Å².